The third kappa shape index (κ3) is 2.37. The molecule has 3 heteroatoms. The molecular formula is C15H18BrNO. The highest BCUT2D eigenvalue weighted by Gasteiger charge is 2.34. The molecule has 1 aromatic carbocycles. The number of nitrogens with zero attached hydrogens (tertiary/aromatic N) is 1. The van der Waals surface area contributed by atoms with Gasteiger partial charge in [-0.15, -0.1) is 0 Å². The number of Topliss-reactive ketones (excluding diaryl/α,β-unsaturated/α-hetero) is 1. The van der Waals surface area contributed by atoms with Crippen LogP contribution in [-0.2, 0) is 5.41 Å². The van der Waals surface area contributed by atoms with E-state index in [4.69, 9.17) is 0 Å². The van der Waals surface area contributed by atoms with Gasteiger partial charge in [0.15, 0.2) is 5.78 Å². The lowest BCUT2D eigenvalue weighted by Gasteiger charge is -2.33. The molecule has 0 unspecified atom stereocenters. The van der Waals surface area contributed by atoms with Crippen molar-refractivity contribution in [3.8, 4) is 0 Å². The standard InChI is InChI=1S/C15H18BrNO/c1-15(2)8-10(9-17(3)4)14(18)12-7-11(16)5-6-13(12)15/h5-7,9H,8H2,1-4H3. The minimum absolute atomic E-state index is 0.00574. The van der Waals surface area contributed by atoms with Gasteiger partial charge >= 0.3 is 0 Å². The van der Waals surface area contributed by atoms with Crippen LogP contribution in [0, 0.1) is 0 Å². The van der Waals surface area contributed by atoms with Crippen LogP contribution < -0.4 is 0 Å². The molecule has 1 aromatic rings. The number of allylic oxidation sites excluding steroid dienone is 1. The summed E-state index contributed by atoms with van der Waals surface area (Å²) in [6.07, 6.45) is 2.73. The van der Waals surface area contributed by atoms with Gasteiger partial charge in [0, 0.05) is 35.9 Å². The second kappa shape index (κ2) is 4.54. The molecule has 2 nitrogen and oxygen atoms in total. The number of benzene rings is 1. The minimum Gasteiger partial charge on any atom is -0.383 e. The monoisotopic (exact) mass is 307 g/mol. The van der Waals surface area contributed by atoms with Crippen molar-refractivity contribution >= 4 is 21.7 Å². The third-order valence-electron chi connectivity index (χ3n) is 3.29. The zero-order chi connectivity index (χ0) is 13.5. The molecule has 1 aliphatic rings. The molecule has 0 amide bonds. The molecule has 96 valence electrons. The molecule has 18 heavy (non-hydrogen) atoms. The summed E-state index contributed by atoms with van der Waals surface area (Å²) in [5.41, 5.74) is 2.86. The van der Waals surface area contributed by atoms with Crippen molar-refractivity contribution in [2.24, 2.45) is 0 Å². The Balaban J connectivity index is 2.59. The number of ketones is 1. The van der Waals surface area contributed by atoms with E-state index in [-0.39, 0.29) is 11.2 Å². The van der Waals surface area contributed by atoms with E-state index in [1.807, 2.05) is 37.3 Å². The first-order chi connectivity index (χ1) is 8.31. The second-order valence-corrected chi connectivity index (χ2v) is 6.61. The normalized spacial score (nSPS) is 19.8. The zero-order valence-electron chi connectivity index (χ0n) is 11.2. The van der Waals surface area contributed by atoms with Gasteiger partial charge in [-0.2, -0.15) is 0 Å². The van der Waals surface area contributed by atoms with Crippen molar-refractivity contribution in [2.45, 2.75) is 25.7 Å². The third-order valence-corrected chi connectivity index (χ3v) is 3.79. The fourth-order valence-electron chi connectivity index (χ4n) is 2.54. The van der Waals surface area contributed by atoms with Crippen LogP contribution in [-0.4, -0.2) is 24.8 Å². The maximum absolute atomic E-state index is 12.5. The number of carbonyl (C=O) groups is 1. The van der Waals surface area contributed by atoms with Crippen LogP contribution in [0.4, 0.5) is 0 Å². The SMILES string of the molecule is CN(C)C=C1CC(C)(C)c2ccc(Br)cc2C1=O. The van der Waals surface area contributed by atoms with Crippen molar-refractivity contribution in [3.63, 3.8) is 0 Å². The molecule has 0 aromatic heterocycles. The predicted molar refractivity (Wildman–Crippen MR) is 77.9 cm³/mol. The van der Waals surface area contributed by atoms with E-state index in [2.05, 4.69) is 35.8 Å². The summed E-state index contributed by atoms with van der Waals surface area (Å²) in [6, 6.07) is 6.00. The Morgan fingerprint density at radius 3 is 2.61 bits per heavy atom. The zero-order valence-corrected chi connectivity index (χ0v) is 12.8. The maximum Gasteiger partial charge on any atom is 0.190 e. The average Bonchev–Trinajstić information content (AvgIpc) is 2.24. The minimum atomic E-state index is 0.00574. The largest absolute Gasteiger partial charge is 0.383 e. The van der Waals surface area contributed by atoms with Crippen LogP contribution in [0.5, 0.6) is 0 Å². The molecule has 0 aliphatic heterocycles. The van der Waals surface area contributed by atoms with Crippen molar-refractivity contribution in [1.82, 2.24) is 4.90 Å². The quantitative estimate of drug-likeness (QED) is 0.736. The lowest BCUT2D eigenvalue weighted by Crippen LogP contribution is -2.30. The summed E-state index contributed by atoms with van der Waals surface area (Å²) < 4.78 is 0.955. The van der Waals surface area contributed by atoms with Gasteiger partial charge < -0.3 is 4.90 Å². The molecule has 0 saturated heterocycles. The van der Waals surface area contributed by atoms with Gasteiger partial charge in [0.05, 0.1) is 0 Å². The Kier molecular flexibility index (Phi) is 3.37. The smallest absolute Gasteiger partial charge is 0.190 e. The van der Waals surface area contributed by atoms with E-state index in [0.717, 1.165) is 27.6 Å². The van der Waals surface area contributed by atoms with E-state index >= 15 is 0 Å². The molecule has 0 spiro atoms. The first-order valence-electron chi connectivity index (χ1n) is 6.03. The summed E-state index contributed by atoms with van der Waals surface area (Å²) >= 11 is 3.44. The van der Waals surface area contributed by atoms with Crippen molar-refractivity contribution in [3.05, 3.63) is 45.6 Å². The van der Waals surface area contributed by atoms with E-state index in [1.165, 1.54) is 0 Å². The topological polar surface area (TPSA) is 20.3 Å². The second-order valence-electron chi connectivity index (χ2n) is 5.70. The van der Waals surface area contributed by atoms with Gasteiger partial charge in [0.1, 0.15) is 0 Å². The molecular weight excluding hydrogens is 290 g/mol. The molecule has 0 atom stereocenters. The number of carbonyl (C=O) groups excluding carboxylic acids is 1. The van der Waals surface area contributed by atoms with Crippen LogP contribution in [0.2, 0.25) is 0 Å². The molecule has 2 rings (SSSR count). The van der Waals surface area contributed by atoms with Crippen LogP contribution in [0.25, 0.3) is 0 Å². The summed E-state index contributed by atoms with van der Waals surface area (Å²) in [7, 11) is 3.90. The molecule has 0 bridgehead atoms. The van der Waals surface area contributed by atoms with Gasteiger partial charge in [-0.25, -0.2) is 0 Å². The van der Waals surface area contributed by atoms with E-state index < -0.39 is 0 Å². The van der Waals surface area contributed by atoms with Crippen LogP contribution in [0.1, 0.15) is 36.2 Å². The highest BCUT2D eigenvalue weighted by molar-refractivity contribution is 9.10. The first-order valence-corrected chi connectivity index (χ1v) is 6.82. The summed E-state index contributed by atoms with van der Waals surface area (Å²) in [6.45, 7) is 4.38. The molecule has 0 fully saturated rings. The summed E-state index contributed by atoms with van der Waals surface area (Å²) in [5.74, 6) is 0.152. The van der Waals surface area contributed by atoms with Crippen LogP contribution in [0.15, 0.2) is 34.4 Å². The Morgan fingerprint density at radius 1 is 1.33 bits per heavy atom. The van der Waals surface area contributed by atoms with Crippen molar-refractivity contribution in [2.75, 3.05) is 14.1 Å². The number of halogens is 1. The molecule has 0 N–H and O–H groups in total. The van der Waals surface area contributed by atoms with Gasteiger partial charge in [-0.1, -0.05) is 35.8 Å². The molecule has 0 radical (unpaired) electrons. The average molecular weight is 308 g/mol. The first kappa shape index (κ1) is 13.3. The van der Waals surface area contributed by atoms with E-state index in [1.54, 1.807) is 0 Å². The maximum atomic E-state index is 12.5. The van der Waals surface area contributed by atoms with Crippen LogP contribution >= 0.6 is 15.9 Å². The Bertz CT molecular complexity index is 529. The Labute approximate surface area is 117 Å². The van der Waals surface area contributed by atoms with E-state index in [0.29, 0.717) is 0 Å². The predicted octanol–water partition coefficient (Wildman–Crippen LogP) is 3.76. The van der Waals surface area contributed by atoms with Crippen molar-refractivity contribution in [1.29, 1.82) is 0 Å². The Hall–Kier alpha value is -1.09. The molecule has 0 saturated carbocycles. The number of hydrogen-bond acceptors (Lipinski definition) is 2. The fraction of sp³-hybridized carbons (Fsp3) is 0.400. The lowest BCUT2D eigenvalue weighted by atomic mass is 9.70. The van der Waals surface area contributed by atoms with Gasteiger partial charge in [-0.3, -0.25) is 4.79 Å². The highest BCUT2D eigenvalue weighted by atomic mass is 79.9. The number of hydrogen-bond donors (Lipinski definition) is 0. The highest BCUT2D eigenvalue weighted by Crippen LogP contribution is 2.40. The lowest BCUT2D eigenvalue weighted by molar-refractivity contribution is 0.101. The van der Waals surface area contributed by atoms with Crippen LogP contribution in [0.3, 0.4) is 0 Å². The van der Waals surface area contributed by atoms with E-state index in [9.17, 15) is 4.79 Å². The number of rotatable bonds is 1. The Morgan fingerprint density at radius 2 is 2.00 bits per heavy atom. The summed E-state index contributed by atoms with van der Waals surface area (Å²) in [4.78, 5) is 14.4. The number of fused-ring (bicyclic) bond motifs is 1. The fourth-order valence-corrected chi connectivity index (χ4v) is 2.90. The molecule has 1 aliphatic carbocycles. The molecule has 0 heterocycles. The summed E-state index contributed by atoms with van der Waals surface area (Å²) in [5, 5.41) is 0. The van der Waals surface area contributed by atoms with Crippen molar-refractivity contribution < 1.29 is 4.79 Å². The van der Waals surface area contributed by atoms with Gasteiger partial charge in [0.25, 0.3) is 0 Å². The van der Waals surface area contributed by atoms with Gasteiger partial charge in [-0.05, 0) is 29.5 Å². The van der Waals surface area contributed by atoms with Gasteiger partial charge in [0.2, 0.25) is 0 Å².